The minimum atomic E-state index is -0.665. The average Bonchev–Trinajstić information content (AvgIpc) is 2.05. The van der Waals surface area contributed by atoms with E-state index < -0.39 is 5.91 Å². The van der Waals surface area contributed by atoms with Crippen molar-refractivity contribution in [3.63, 3.8) is 0 Å². The second-order valence-electron chi connectivity index (χ2n) is 1.91. The van der Waals surface area contributed by atoms with Crippen LogP contribution in [0.3, 0.4) is 0 Å². The number of benzene rings is 1. The van der Waals surface area contributed by atoms with E-state index in [1.165, 1.54) is 12.1 Å². The molecular formula is C7H4ClN2O-. The van der Waals surface area contributed by atoms with E-state index >= 15 is 0 Å². The van der Waals surface area contributed by atoms with Gasteiger partial charge in [0.05, 0.1) is 0 Å². The highest BCUT2D eigenvalue weighted by Crippen LogP contribution is 2.09. The molecule has 0 N–H and O–H groups in total. The van der Waals surface area contributed by atoms with Crippen LogP contribution < -0.4 is 0 Å². The molecule has 11 heavy (non-hydrogen) atoms. The van der Waals surface area contributed by atoms with Crippen LogP contribution in [-0.4, -0.2) is 5.91 Å². The second-order valence-corrected chi connectivity index (χ2v) is 2.35. The number of hydrogen-bond donors (Lipinski definition) is 0. The molecule has 0 spiro atoms. The van der Waals surface area contributed by atoms with Crippen molar-refractivity contribution >= 4 is 17.5 Å². The number of halogens is 1. The van der Waals surface area contributed by atoms with Crippen LogP contribution in [0.4, 0.5) is 0 Å². The van der Waals surface area contributed by atoms with Gasteiger partial charge in [0.2, 0.25) is 0 Å². The standard InChI is InChI=1S/C7H4ClN2O/c8-6-3-1-5(2-4-6)7(11)10-9/h1-4H/q-1. The van der Waals surface area contributed by atoms with Gasteiger partial charge in [-0.2, -0.15) is 0 Å². The maximum atomic E-state index is 10.7. The third kappa shape index (κ3) is 1.85. The van der Waals surface area contributed by atoms with Gasteiger partial charge in [-0.15, -0.1) is 0 Å². The fourth-order valence-corrected chi connectivity index (χ4v) is 0.776. The Kier molecular flexibility index (Phi) is 2.33. The van der Waals surface area contributed by atoms with Gasteiger partial charge in [0.25, 0.3) is 5.91 Å². The molecule has 56 valence electrons. The van der Waals surface area contributed by atoms with Crippen LogP contribution in [0.2, 0.25) is 5.02 Å². The van der Waals surface area contributed by atoms with E-state index in [1.54, 1.807) is 12.1 Å². The summed E-state index contributed by atoms with van der Waals surface area (Å²) in [5.74, 6) is -0.665. The van der Waals surface area contributed by atoms with E-state index in [-0.39, 0.29) is 0 Å². The van der Waals surface area contributed by atoms with Crippen LogP contribution in [0, 0.1) is 0 Å². The summed E-state index contributed by atoms with van der Waals surface area (Å²) in [6.07, 6.45) is 0. The quantitative estimate of drug-likeness (QED) is 0.593. The van der Waals surface area contributed by atoms with Crippen LogP contribution in [0.5, 0.6) is 0 Å². The van der Waals surface area contributed by atoms with Crippen LogP contribution >= 0.6 is 11.6 Å². The van der Waals surface area contributed by atoms with Crippen molar-refractivity contribution in [1.82, 2.24) is 0 Å². The molecule has 0 bridgehead atoms. The summed E-state index contributed by atoms with van der Waals surface area (Å²) in [4.78, 5) is 10.7. The Morgan fingerprint density at radius 3 is 2.36 bits per heavy atom. The fourth-order valence-electron chi connectivity index (χ4n) is 0.650. The highest BCUT2D eigenvalue weighted by molar-refractivity contribution is 6.30. The topological polar surface area (TPSA) is 51.7 Å². The summed E-state index contributed by atoms with van der Waals surface area (Å²) in [5, 5.41) is 3.05. The van der Waals surface area contributed by atoms with Crippen molar-refractivity contribution in [2.45, 2.75) is 0 Å². The normalized spacial score (nSPS) is 9.18. The molecule has 1 aromatic rings. The Morgan fingerprint density at radius 1 is 1.36 bits per heavy atom. The zero-order valence-corrected chi connectivity index (χ0v) is 6.25. The lowest BCUT2D eigenvalue weighted by molar-refractivity contribution is 0.100. The Labute approximate surface area is 68.5 Å². The van der Waals surface area contributed by atoms with Gasteiger partial charge < -0.3 is 10.6 Å². The number of amides is 1. The summed E-state index contributed by atoms with van der Waals surface area (Å²) in [6.45, 7) is 0. The predicted molar refractivity (Wildman–Crippen MR) is 41.6 cm³/mol. The number of hydrogen-bond acceptors (Lipinski definition) is 1. The van der Waals surface area contributed by atoms with Crippen molar-refractivity contribution in [3.8, 4) is 0 Å². The minimum absolute atomic E-state index is 0.317. The van der Waals surface area contributed by atoms with Crippen molar-refractivity contribution in [3.05, 3.63) is 40.4 Å². The number of carbonyl (C=O) groups excluding carboxylic acids is 1. The molecule has 4 heteroatoms. The van der Waals surface area contributed by atoms with Gasteiger partial charge in [0.15, 0.2) is 0 Å². The first kappa shape index (κ1) is 7.88. The first-order valence-electron chi connectivity index (χ1n) is 2.89. The Hall–Kier alpha value is -1.22. The van der Waals surface area contributed by atoms with E-state index in [9.17, 15) is 4.79 Å². The molecule has 3 nitrogen and oxygen atoms in total. The van der Waals surface area contributed by atoms with Crippen LogP contribution in [0.15, 0.2) is 29.4 Å². The summed E-state index contributed by atoms with van der Waals surface area (Å²) in [7, 11) is 0. The molecule has 0 aliphatic carbocycles. The molecule has 0 unspecified atom stereocenters. The lowest BCUT2D eigenvalue weighted by Crippen LogP contribution is -1.91. The second kappa shape index (κ2) is 3.25. The molecule has 1 aromatic carbocycles. The smallest absolute Gasteiger partial charge is 0.256 e. The van der Waals surface area contributed by atoms with E-state index in [0.29, 0.717) is 10.6 Å². The lowest BCUT2D eigenvalue weighted by atomic mass is 10.2. The Balaban J connectivity index is 2.98. The lowest BCUT2D eigenvalue weighted by Gasteiger charge is -1.95. The third-order valence-corrected chi connectivity index (χ3v) is 1.43. The molecule has 0 radical (unpaired) electrons. The van der Waals surface area contributed by atoms with Crippen molar-refractivity contribution in [2.75, 3.05) is 0 Å². The van der Waals surface area contributed by atoms with Crippen molar-refractivity contribution < 1.29 is 4.79 Å². The first-order valence-corrected chi connectivity index (χ1v) is 3.27. The summed E-state index contributed by atoms with van der Waals surface area (Å²) < 4.78 is 0. The van der Waals surface area contributed by atoms with E-state index in [1.807, 2.05) is 0 Å². The maximum absolute atomic E-state index is 10.7. The third-order valence-electron chi connectivity index (χ3n) is 1.18. The largest absolute Gasteiger partial charge is 0.704 e. The highest BCUT2D eigenvalue weighted by Gasteiger charge is 1.97. The zero-order chi connectivity index (χ0) is 8.27. The van der Waals surface area contributed by atoms with E-state index in [4.69, 9.17) is 17.1 Å². The average molecular weight is 168 g/mol. The Bertz CT molecular complexity index is 281. The summed E-state index contributed by atoms with van der Waals surface area (Å²) in [5.41, 5.74) is 8.42. The van der Waals surface area contributed by atoms with E-state index in [2.05, 4.69) is 5.11 Å². The SMILES string of the molecule is [N-]=NC(=O)c1ccc(Cl)cc1. The Morgan fingerprint density at radius 2 is 1.91 bits per heavy atom. The predicted octanol–water partition coefficient (Wildman–Crippen LogP) is 2.50. The first-order chi connectivity index (χ1) is 5.24. The molecule has 0 aromatic heterocycles. The molecule has 0 saturated carbocycles. The highest BCUT2D eigenvalue weighted by atomic mass is 35.5. The van der Waals surface area contributed by atoms with Crippen LogP contribution in [0.25, 0.3) is 5.53 Å². The van der Waals surface area contributed by atoms with Crippen molar-refractivity contribution in [1.29, 1.82) is 0 Å². The van der Waals surface area contributed by atoms with Gasteiger partial charge in [0, 0.05) is 10.6 Å². The molecule has 0 saturated heterocycles. The maximum Gasteiger partial charge on any atom is 0.256 e. The molecular weight excluding hydrogens is 164 g/mol. The van der Waals surface area contributed by atoms with Gasteiger partial charge in [0.1, 0.15) is 0 Å². The number of nitrogens with zero attached hydrogens (tertiary/aromatic N) is 2. The minimum Gasteiger partial charge on any atom is -0.704 e. The molecule has 1 amide bonds. The molecule has 0 fully saturated rings. The van der Waals surface area contributed by atoms with Gasteiger partial charge in [-0.1, -0.05) is 11.6 Å². The van der Waals surface area contributed by atoms with Gasteiger partial charge in [-0.25, -0.2) is 0 Å². The molecule has 1 rings (SSSR count). The molecule has 0 aliphatic rings. The monoisotopic (exact) mass is 167 g/mol. The van der Waals surface area contributed by atoms with Crippen LogP contribution in [0.1, 0.15) is 10.4 Å². The fraction of sp³-hybridized carbons (Fsp3) is 0. The zero-order valence-electron chi connectivity index (χ0n) is 5.49. The van der Waals surface area contributed by atoms with Gasteiger partial charge >= 0.3 is 0 Å². The number of rotatable bonds is 1. The summed E-state index contributed by atoms with van der Waals surface area (Å²) >= 11 is 5.56. The van der Waals surface area contributed by atoms with Crippen molar-refractivity contribution in [2.24, 2.45) is 5.11 Å². The number of carbonyl (C=O) groups is 1. The van der Waals surface area contributed by atoms with E-state index in [0.717, 1.165) is 0 Å². The van der Waals surface area contributed by atoms with Crippen LogP contribution in [-0.2, 0) is 0 Å². The molecule has 0 atom stereocenters. The molecule has 0 aliphatic heterocycles. The van der Waals surface area contributed by atoms with Gasteiger partial charge in [-0.05, 0) is 24.3 Å². The van der Waals surface area contributed by atoms with Gasteiger partial charge in [-0.3, -0.25) is 4.79 Å². The summed E-state index contributed by atoms with van der Waals surface area (Å²) in [6, 6.07) is 6.09. The molecule has 0 heterocycles.